The van der Waals surface area contributed by atoms with Gasteiger partial charge in [-0.2, -0.15) is 5.26 Å². The van der Waals surface area contributed by atoms with Crippen molar-refractivity contribution in [3.8, 4) is 6.07 Å². The summed E-state index contributed by atoms with van der Waals surface area (Å²) in [5.74, 6) is 0.251. The number of rotatable bonds is 6. The lowest BCUT2D eigenvalue weighted by molar-refractivity contribution is -0.384. The molecular formula is C12H13N5O3. The van der Waals surface area contributed by atoms with Crippen LogP contribution < -0.4 is 10.6 Å². The number of anilines is 1. The third kappa shape index (κ3) is 3.41. The topological polar surface area (TPSA) is 121 Å². The van der Waals surface area contributed by atoms with Crippen LogP contribution in [0.3, 0.4) is 0 Å². The van der Waals surface area contributed by atoms with Crippen LogP contribution >= 0.6 is 0 Å². The van der Waals surface area contributed by atoms with Crippen LogP contribution in [-0.4, -0.2) is 28.9 Å². The molecule has 1 aromatic rings. The number of nitrogens with one attached hydrogen (secondary N) is 2. The van der Waals surface area contributed by atoms with Crippen molar-refractivity contribution in [3.05, 3.63) is 27.9 Å². The SMILES string of the molecule is N#Cc1cnc(NCCNC(=O)C2CC2)c([N+](=O)[O-])c1. The molecule has 0 radical (unpaired) electrons. The molecule has 1 amide bonds. The van der Waals surface area contributed by atoms with Gasteiger partial charge in [-0.25, -0.2) is 4.98 Å². The van der Waals surface area contributed by atoms with E-state index >= 15 is 0 Å². The Kier molecular flexibility index (Phi) is 4.10. The van der Waals surface area contributed by atoms with E-state index < -0.39 is 4.92 Å². The Balaban J connectivity index is 1.89. The first-order chi connectivity index (χ1) is 9.61. The van der Waals surface area contributed by atoms with E-state index in [2.05, 4.69) is 15.6 Å². The molecule has 2 N–H and O–H groups in total. The lowest BCUT2D eigenvalue weighted by Gasteiger charge is -2.07. The summed E-state index contributed by atoms with van der Waals surface area (Å²) in [5, 5.41) is 25.1. The maximum atomic E-state index is 11.4. The Morgan fingerprint density at radius 1 is 1.55 bits per heavy atom. The number of carbonyl (C=O) groups excluding carboxylic acids is 1. The normalized spacial score (nSPS) is 13.3. The second-order valence-corrected chi connectivity index (χ2v) is 4.45. The predicted octanol–water partition coefficient (Wildman–Crippen LogP) is 0.800. The fraction of sp³-hybridized carbons (Fsp3) is 0.417. The van der Waals surface area contributed by atoms with Gasteiger partial charge >= 0.3 is 5.69 Å². The summed E-state index contributed by atoms with van der Waals surface area (Å²) < 4.78 is 0. The first-order valence-corrected chi connectivity index (χ1v) is 6.18. The number of hydrogen-bond acceptors (Lipinski definition) is 6. The van der Waals surface area contributed by atoms with Crippen LogP contribution in [0.2, 0.25) is 0 Å². The molecule has 20 heavy (non-hydrogen) atoms. The molecule has 1 fully saturated rings. The van der Waals surface area contributed by atoms with Crippen molar-refractivity contribution >= 4 is 17.4 Å². The number of hydrogen-bond donors (Lipinski definition) is 2. The maximum Gasteiger partial charge on any atom is 0.312 e. The van der Waals surface area contributed by atoms with Crippen LogP contribution in [0.5, 0.6) is 0 Å². The monoisotopic (exact) mass is 275 g/mol. The second-order valence-electron chi connectivity index (χ2n) is 4.45. The Morgan fingerprint density at radius 3 is 2.90 bits per heavy atom. The molecule has 0 unspecified atom stereocenters. The molecule has 1 aliphatic rings. The lowest BCUT2D eigenvalue weighted by atomic mass is 10.3. The highest BCUT2D eigenvalue weighted by atomic mass is 16.6. The van der Waals surface area contributed by atoms with E-state index in [-0.39, 0.29) is 28.9 Å². The number of amides is 1. The van der Waals surface area contributed by atoms with Crippen molar-refractivity contribution in [2.45, 2.75) is 12.8 Å². The summed E-state index contributed by atoms with van der Waals surface area (Å²) in [5.41, 5.74) is -0.123. The molecule has 2 rings (SSSR count). The van der Waals surface area contributed by atoms with Gasteiger partial charge in [-0.15, -0.1) is 0 Å². The van der Waals surface area contributed by atoms with Crippen molar-refractivity contribution in [3.63, 3.8) is 0 Å². The molecule has 1 heterocycles. The van der Waals surface area contributed by atoms with Gasteiger partial charge in [0.25, 0.3) is 0 Å². The average molecular weight is 275 g/mol. The summed E-state index contributed by atoms with van der Waals surface area (Å²) in [4.78, 5) is 25.5. The van der Waals surface area contributed by atoms with E-state index in [9.17, 15) is 14.9 Å². The van der Waals surface area contributed by atoms with Gasteiger partial charge in [-0.1, -0.05) is 0 Å². The van der Waals surface area contributed by atoms with Crippen LogP contribution in [-0.2, 0) is 4.79 Å². The minimum absolute atomic E-state index is 0.0223. The number of aromatic nitrogens is 1. The van der Waals surface area contributed by atoms with Crippen molar-refractivity contribution in [2.24, 2.45) is 5.92 Å². The molecule has 0 atom stereocenters. The molecule has 0 aliphatic heterocycles. The highest BCUT2D eigenvalue weighted by Crippen LogP contribution is 2.28. The summed E-state index contributed by atoms with van der Waals surface area (Å²) in [7, 11) is 0. The summed E-state index contributed by atoms with van der Waals surface area (Å²) >= 11 is 0. The fourth-order valence-corrected chi connectivity index (χ4v) is 1.65. The van der Waals surface area contributed by atoms with Gasteiger partial charge in [-0.05, 0) is 12.8 Å². The van der Waals surface area contributed by atoms with Crippen molar-refractivity contribution < 1.29 is 9.72 Å². The van der Waals surface area contributed by atoms with Crippen LogP contribution in [0.1, 0.15) is 18.4 Å². The third-order valence-electron chi connectivity index (χ3n) is 2.86. The van der Waals surface area contributed by atoms with Crippen LogP contribution in [0, 0.1) is 27.4 Å². The molecule has 0 saturated heterocycles. The first-order valence-electron chi connectivity index (χ1n) is 6.18. The van der Waals surface area contributed by atoms with Crippen molar-refractivity contribution in [1.29, 1.82) is 5.26 Å². The lowest BCUT2D eigenvalue weighted by Crippen LogP contribution is -2.30. The minimum Gasteiger partial charge on any atom is -0.363 e. The van der Waals surface area contributed by atoms with Gasteiger partial charge in [-0.3, -0.25) is 14.9 Å². The summed E-state index contributed by atoms with van der Waals surface area (Å²) in [6.45, 7) is 0.701. The van der Waals surface area contributed by atoms with Gasteiger partial charge in [0.15, 0.2) is 0 Å². The van der Waals surface area contributed by atoms with Crippen molar-refractivity contribution in [1.82, 2.24) is 10.3 Å². The Morgan fingerprint density at radius 2 is 2.30 bits per heavy atom. The number of nitriles is 1. The van der Waals surface area contributed by atoms with E-state index in [1.54, 1.807) is 6.07 Å². The van der Waals surface area contributed by atoms with Gasteiger partial charge in [0.1, 0.15) is 6.07 Å². The molecule has 1 aromatic heterocycles. The molecule has 0 spiro atoms. The van der Waals surface area contributed by atoms with E-state index in [1.807, 2.05) is 0 Å². The molecule has 0 aromatic carbocycles. The standard InChI is InChI=1S/C12H13N5O3/c13-6-8-5-10(17(19)20)11(16-7-8)14-3-4-15-12(18)9-1-2-9/h5,7,9H,1-4H2,(H,14,16)(H,15,18). The zero-order chi connectivity index (χ0) is 14.5. The van der Waals surface area contributed by atoms with Gasteiger partial charge in [0, 0.05) is 31.3 Å². The molecular weight excluding hydrogens is 262 g/mol. The number of nitro groups is 1. The van der Waals surface area contributed by atoms with Gasteiger partial charge in [0.05, 0.1) is 10.5 Å². The Hall–Kier alpha value is -2.69. The second kappa shape index (κ2) is 5.97. The van der Waals surface area contributed by atoms with E-state index in [0.29, 0.717) is 13.1 Å². The highest BCUT2D eigenvalue weighted by Gasteiger charge is 2.29. The largest absolute Gasteiger partial charge is 0.363 e. The van der Waals surface area contributed by atoms with Gasteiger partial charge < -0.3 is 10.6 Å². The molecule has 8 heteroatoms. The molecule has 1 aliphatic carbocycles. The van der Waals surface area contributed by atoms with Crippen LogP contribution in [0.25, 0.3) is 0 Å². The Bertz CT molecular complexity index is 577. The first kappa shape index (κ1) is 13.7. The molecule has 0 bridgehead atoms. The molecule has 104 valence electrons. The van der Waals surface area contributed by atoms with Crippen LogP contribution in [0.4, 0.5) is 11.5 Å². The fourth-order valence-electron chi connectivity index (χ4n) is 1.65. The van der Waals surface area contributed by atoms with Crippen LogP contribution in [0.15, 0.2) is 12.3 Å². The summed E-state index contributed by atoms with van der Waals surface area (Å²) in [6.07, 6.45) is 3.13. The predicted molar refractivity (Wildman–Crippen MR) is 69.8 cm³/mol. The van der Waals surface area contributed by atoms with E-state index in [4.69, 9.17) is 5.26 Å². The zero-order valence-corrected chi connectivity index (χ0v) is 10.6. The number of carbonyl (C=O) groups is 1. The minimum atomic E-state index is -0.598. The smallest absolute Gasteiger partial charge is 0.312 e. The number of pyridine rings is 1. The Labute approximate surface area is 115 Å². The van der Waals surface area contributed by atoms with E-state index in [0.717, 1.165) is 18.9 Å². The maximum absolute atomic E-state index is 11.4. The zero-order valence-electron chi connectivity index (χ0n) is 10.6. The van der Waals surface area contributed by atoms with Gasteiger partial charge in [0.2, 0.25) is 11.7 Å². The van der Waals surface area contributed by atoms with E-state index in [1.165, 1.54) is 6.20 Å². The number of nitrogens with zero attached hydrogens (tertiary/aromatic N) is 3. The molecule has 1 saturated carbocycles. The third-order valence-corrected chi connectivity index (χ3v) is 2.86. The molecule has 8 nitrogen and oxygen atoms in total. The average Bonchev–Trinajstić information content (AvgIpc) is 3.27. The highest BCUT2D eigenvalue weighted by molar-refractivity contribution is 5.80. The van der Waals surface area contributed by atoms with Crippen molar-refractivity contribution in [2.75, 3.05) is 18.4 Å². The summed E-state index contributed by atoms with van der Waals surface area (Å²) in [6, 6.07) is 2.96. The quantitative estimate of drug-likeness (QED) is 0.450.